The van der Waals surface area contributed by atoms with Crippen molar-refractivity contribution in [3.63, 3.8) is 0 Å². The lowest BCUT2D eigenvalue weighted by Gasteiger charge is -2.26. The van der Waals surface area contributed by atoms with Crippen LogP contribution in [0.1, 0.15) is 42.0 Å². The van der Waals surface area contributed by atoms with Gasteiger partial charge in [0.15, 0.2) is 0 Å². The fourth-order valence-corrected chi connectivity index (χ4v) is 7.27. The summed E-state index contributed by atoms with van der Waals surface area (Å²) in [6, 6.07) is 19.9. The summed E-state index contributed by atoms with van der Waals surface area (Å²) in [6.07, 6.45) is 3.26. The molecule has 0 spiro atoms. The number of aryl methyl sites for hydroxylation is 3. The Bertz CT molecular complexity index is 1580. The Morgan fingerprint density at radius 1 is 0.976 bits per heavy atom. The normalized spacial score (nSPS) is 12.5. The molecule has 218 valence electrons. The van der Waals surface area contributed by atoms with E-state index in [9.17, 15) is 8.42 Å². The molecule has 0 aliphatic rings. The fourth-order valence-electron chi connectivity index (χ4n) is 5.39. The first-order valence-electron chi connectivity index (χ1n) is 14.0. The van der Waals surface area contributed by atoms with E-state index in [4.69, 9.17) is 4.74 Å². The SMILES string of the molecule is COc1cc(NC(C)CCCN(Cc2ccc(N(C)C)cc2)S(=O)(=O)c2c(C)cc(C)cc2C)c2ncccc2c1. The van der Waals surface area contributed by atoms with Crippen LogP contribution in [-0.2, 0) is 16.6 Å². The Morgan fingerprint density at radius 2 is 1.66 bits per heavy atom. The van der Waals surface area contributed by atoms with Gasteiger partial charge in [0.2, 0.25) is 10.0 Å². The molecule has 0 radical (unpaired) electrons. The molecule has 0 amide bonds. The Kier molecular flexibility index (Phi) is 9.56. The van der Waals surface area contributed by atoms with Crippen LogP contribution in [0.4, 0.5) is 11.4 Å². The van der Waals surface area contributed by atoms with Crippen LogP contribution in [0, 0.1) is 20.8 Å². The quantitative estimate of drug-likeness (QED) is 0.203. The third kappa shape index (κ3) is 7.18. The van der Waals surface area contributed by atoms with E-state index in [2.05, 4.69) is 17.2 Å². The van der Waals surface area contributed by atoms with Crippen LogP contribution in [0.3, 0.4) is 0 Å². The molecule has 7 nitrogen and oxygen atoms in total. The molecular weight excluding hydrogens is 532 g/mol. The Morgan fingerprint density at radius 3 is 2.29 bits per heavy atom. The number of aromatic nitrogens is 1. The number of anilines is 2. The summed E-state index contributed by atoms with van der Waals surface area (Å²) in [7, 11) is 1.92. The third-order valence-electron chi connectivity index (χ3n) is 7.37. The van der Waals surface area contributed by atoms with Gasteiger partial charge in [-0.15, -0.1) is 0 Å². The number of fused-ring (bicyclic) bond motifs is 1. The van der Waals surface area contributed by atoms with Gasteiger partial charge in [0.25, 0.3) is 0 Å². The number of hydrogen-bond acceptors (Lipinski definition) is 6. The third-order valence-corrected chi connectivity index (χ3v) is 9.53. The molecule has 1 heterocycles. The van der Waals surface area contributed by atoms with Crippen molar-refractivity contribution >= 4 is 32.3 Å². The van der Waals surface area contributed by atoms with Crippen molar-refractivity contribution in [3.05, 3.63) is 89.1 Å². The molecule has 8 heteroatoms. The average Bonchev–Trinajstić information content (AvgIpc) is 2.91. The van der Waals surface area contributed by atoms with Crippen molar-refractivity contribution in [3.8, 4) is 5.75 Å². The number of benzene rings is 3. The van der Waals surface area contributed by atoms with E-state index in [0.29, 0.717) is 24.4 Å². The van der Waals surface area contributed by atoms with Gasteiger partial charge in [-0.2, -0.15) is 4.31 Å². The van der Waals surface area contributed by atoms with E-state index >= 15 is 0 Å². The molecule has 0 bridgehead atoms. The van der Waals surface area contributed by atoms with Crippen LogP contribution in [0.15, 0.2) is 71.8 Å². The number of sulfonamides is 1. The average molecular weight is 575 g/mol. The van der Waals surface area contributed by atoms with Gasteiger partial charge in [-0.05, 0) is 81.5 Å². The summed E-state index contributed by atoms with van der Waals surface area (Å²) >= 11 is 0. The highest BCUT2D eigenvalue weighted by atomic mass is 32.2. The molecule has 4 aromatic rings. The molecule has 0 aliphatic heterocycles. The van der Waals surface area contributed by atoms with Crippen LogP contribution in [-0.4, -0.2) is 51.5 Å². The molecule has 0 saturated carbocycles. The van der Waals surface area contributed by atoms with E-state index in [1.807, 2.05) is 100 Å². The number of nitrogens with one attached hydrogen (secondary N) is 1. The van der Waals surface area contributed by atoms with Crippen LogP contribution >= 0.6 is 0 Å². The lowest BCUT2D eigenvalue weighted by Crippen LogP contribution is -2.33. The number of hydrogen-bond donors (Lipinski definition) is 1. The zero-order valence-corrected chi connectivity index (χ0v) is 26.0. The van der Waals surface area contributed by atoms with Gasteiger partial charge in [0.1, 0.15) is 5.75 Å². The predicted octanol–water partition coefficient (Wildman–Crippen LogP) is 6.71. The minimum atomic E-state index is -3.72. The van der Waals surface area contributed by atoms with E-state index in [0.717, 1.165) is 56.7 Å². The minimum Gasteiger partial charge on any atom is -0.497 e. The van der Waals surface area contributed by atoms with Crippen LogP contribution < -0.4 is 15.0 Å². The maximum atomic E-state index is 14.1. The molecule has 0 fully saturated rings. The molecule has 1 aromatic heterocycles. The van der Waals surface area contributed by atoms with Crippen molar-refractivity contribution in [1.82, 2.24) is 9.29 Å². The Balaban J connectivity index is 1.54. The van der Waals surface area contributed by atoms with Gasteiger partial charge in [-0.1, -0.05) is 35.9 Å². The highest BCUT2D eigenvalue weighted by Gasteiger charge is 2.28. The second-order valence-electron chi connectivity index (χ2n) is 11.1. The summed E-state index contributed by atoms with van der Waals surface area (Å²) in [5.74, 6) is 0.765. The molecule has 1 unspecified atom stereocenters. The summed E-state index contributed by atoms with van der Waals surface area (Å²) < 4.78 is 35.4. The zero-order valence-electron chi connectivity index (χ0n) is 25.2. The Hall–Kier alpha value is -3.62. The highest BCUT2D eigenvalue weighted by Crippen LogP contribution is 2.30. The molecule has 0 aliphatic carbocycles. The summed E-state index contributed by atoms with van der Waals surface area (Å²) in [5.41, 5.74) is 6.45. The molecule has 1 N–H and O–H groups in total. The largest absolute Gasteiger partial charge is 0.497 e. The van der Waals surface area contributed by atoms with E-state index in [1.54, 1.807) is 17.6 Å². The highest BCUT2D eigenvalue weighted by molar-refractivity contribution is 7.89. The second-order valence-corrected chi connectivity index (χ2v) is 12.9. The van der Waals surface area contributed by atoms with Crippen LogP contribution in [0.5, 0.6) is 5.75 Å². The topological polar surface area (TPSA) is 74.8 Å². The standard InChI is InChI=1S/C33H42N4O3S/c1-23-18-24(2)33(25(3)19-23)41(38,39)37(22-27-12-14-29(15-13-27)36(5)6)17-9-10-26(4)35-31-21-30(40-7)20-28-11-8-16-34-32(28)31/h8,11-16,18-21,26,35H,9-10,17,22H2,1-7H3. The molecule has 41 heavy (non-hydrogen) atoms. The maximum Gasteiger partial charge on any atom is 0.243 e. The number of methoxy groups -OCH3 is 1. The first-order valence-corrected chi connectivity index (χ1v) is 15.5. The fraction of sp³-hybridized carbons (Fsp3) is 0.364. The molecule has 1 atom stereocenters. The second kappa shape index (κ2) is 12.9. The van der Waals surface area contributed by atoms with Gasteiger partial charge in [0.05, 0.1) is 23.2 Å². The first kappa shape index (κ1) is 30.3. The zero-order chi connectivity index (χ0) is 29.7. The Labute approximate surface area is 245 Å². The predicted molar refractivity (Wildman–Crippen MR) is 170 cm³/mol. The molecule has 3 aromatic carbocycles. The van der Waals surface area contributed by atoms with Crippen molar-refractivity contribution in [2.45, 2.75) is 58.0 Å². The number of ether oxygens (including phenoxy) is 1. The van der Waals surface area contributed by atoms with Gasteiger partial charge >= 0.3 is 0 Å². The van der Waals surface area contributed by atoms with Gasteiger partial charge < -0.3 is 15.0 Å². The monoisotopic (exact) mass is 574 g/mol. The number of nitrogens with zero attached hydrogens (tertiary/aromatic N) is 3. The molecule has 4 rings (SSSR count). The van der Waals surface area contributed by atoms with Gasteiger partial charge in [-0.3, -0.25) is 4.98 Å². The number of rotatable bonds is 12. The van der Waals surface area contributed by atoms with E-state index in [1.165, 1.54) is 0 Å². The summed E-state index contributed by atoms with van der Waals surface area (Å²) in [6.45, 7) is 8.60. The summed E-state index contributed by atoms with van der Waals surface area (Å²) in [5, 5.41) is 4.58. The summed E-state index contributed by atoms with van der Waals surface area (Å²) in [4.78, 5) is 7.01. The van der Waals surface area contributed by atoms with Gasteiger partial charge in [-0.25, -0.2) is 8.42 Å². The van der Waals surface area contributed by atoms with Crippen LogP contribution in [0.2, 0.25) is 0 Å². The molecule has 0 saturated heterocycles. The first-order chi connectivity index (χ1) is 19.5. The van der Waals surface area contributed by atoms with Crippen molar-refractivity contribution in [2.75, 3.05) is 38.0 Å². The van der Waals surface area contributed by atoms with Crippen molar-refractivity contribution in [2.24, 2.45) is 0 Å². The molecular formula is C33H42N4O3S. The maximum absolute atomic E-state index is 14.1. The minimum absolute atomic E-state index is 0.0964. The van der Waals surface area contributed by atoms with Crippen LogP contribution in [0.25, 0.3) is 10.9 Å². The lowest BCUT2D eigenvalue weighted by atomic mass is 10.1. The van der Waals surface area contributed by atoms with E-state index in [-0.39, 0.29) is 6.04 Å². The number of pyridine rings is 1. The van der Waals surface area contributed by atoms with Gasteiger partial charge in [0, 0.05) is 56.6 Å². The smallest absolute Gasteiger partial charge is 0.243 e. The van der Waals surface area contributed by atoms with E-state index < -0.39 is 10.0 Å². The van der Waals surface area contributed by atoms with Crippen molar-refractivity contribution in [1.29, 1.82) is 0 Å². The van der Waals surface area contributed by atoms with Crippen molar-refractivity contribution < 1.29 is 13.2 Å². The lowest BCUT2D eigenvalue weighted by molar-refractivity contribution is 0.391.